The Morgan fingerprint density at radius 3 is 1.52 bits per heavy atom. The van der Waals surface area contributed by atoms with E-state index in [2.05, 4.69) is 13.8 Å². The molecule has 0 aliphatic heterocycles. The van der Waals surface area contributed by atoms with Gasteiger partial charge in [-0.1, -0.05) is 97.3 Å². The first kappa shape index (κ1) is 23.1. The molecular formula is C19H41O3P. The van der Waals surface area contributed by atoms with E-state index in [9.17, 15) is 9.46 Å². The lowest BCUT2D eigenvalue weighted by Gasteiger charge is -2.12. The molecule has 0 spiro atoms. The number of rotatable bonds is 18. The first-order chi connectivity index (χ1) is 11.1. The molecule has 0 aromatic carbocycles. The van der Waals surface area contributed by atoms with Gasteiger partial charge < -0.3 is 9.42 Å². The van der Waals surface area contributed by atoms with E-state index in [0.29, 0.717) is 12.8 Å². The van der Waals surface area contributed by atoms with Crippen LogP contribution in [0.2, 0.25) is 0 Å². The standard InChI is InChI=1S/C19H41O3P/c1-3-5-7-9-10-11-12-13-15-17-19-23(20,21)22-18-16-14-8-6-4-2/h3-19H2,1-2H3,(H,20,21). The van der Waals surface area contributed by atoms with Crippen molar-refractivity contribution in [3.8, 4) is 0 Å². The third-order valence-corrected chi connectivity index (χ3v) is 5.80. The van der Waals surface area contributed by atoms with Gasteiger partial charge in [0.25, 0.3) is 0 Å². The highest BCUT2D eigenvalue weighted by molar-refractivity contribution is 7.52. The Kier molecular flexibility index (Phi) is 17.1. The van der Waals surface area contributed by atoms with E-state index in [1.165, 1.54) is 70.6 Å². The van der Waals surface area contributed by atoms with Crippen molar-refractivity contribution in [2.24, 2.45) is 0 Å². The van der Waals surface area contributed by atoms with Crippen molar-refractivity contribution < 1.29 is 14.0 Å². The first-order valence-electron chi connectivity index (χ1n) is 10.1. The summed E-state index contributed by atoms with van der Waals surface area (Å²) in [6, 6.07) is 0. The van der Waals surface area contributed by atoms with Crippen LogP contribution in [0, 0.1) is 0 Å². The molecule has 0 amide bonds. The molecule has 0 radical (unpaired) electrons. The molecule has 0 aliphatic rings. The summed E-state index contributed by atoms with van der Waals surface area (Å²) in [7, 11) is -3.32. The summed E-state index contributed by atoms with van der Waals surface area (Å²) in [5.41, 5.74) is 0. The molecule has 4 heteroatoms. The summed E-state index contributed by atoms with van der Waals surface area (Å²) in [5, 5.41) is 0. The van der Waals surface area contributed by atoms with Crippen LogP contribution in [0.1, 0.15) is 110 Å². The van der Waals surface area contributed by atoms with Crippen molar-refractivity contribution in [1.82, 2.24) is 0 Å². The molecular weight excluding hydrogens is 307 g/mol. The van der Waals surface area contributed by atoms with E-state index in [4.69, 9.17) is 4.52 Å². The molecule has 1 N–H and O–H groups in total. The second kappa shape index (κ2) is 17.0. The summed E-state index contributed by atoms with van der Waals surface area (Å²) in [6.07, 6.45) is 18.4. The zero-order valence-corrected chi connectivity index (χ0v) is 16.6. The van der Waals surface area contributed by atoms with E-state index >= 15 is 0 Å². The summed E-state index contributed by atoms with van der Waals surface area (Å²) < 4.78 is 17.1. The summed E-state index contributed by atoms with van der Waals surface area (Å²) in [5.74, 6) is 0. The van der Waals surface area contributed by atoms with Gasteiger partial charge in [-0.25, -0.2) is 0 Å². The molecule has 23 heavy (non-hydrogen) atoms. The topological polar surface area (TPSA) is 46.5 Å². The third-order valence-electron chi connectivity index (χ3n) is 4.34. The van der Waals surface area contributed by atoms with Gasteiger partial charge in [-0.2, -0.15) is 0 Å². The fourth-order valence-corrected chi connectivity index (χ4v) is 3.94. The van der Waals surface area contributed by atoms with Crippen LogP contribution in [0.25, 0.3) is 0 Å². The summed E-state index contributed by atoms with van der Waals surface area (Å²) in [6.45, 7) is 4.87. The van der Waals surface area contributed by atoms with Crippen LogP contribution in [0.3, 0.4) is 0 Å². The molecule has 1 atom stereocenters. The molecule has 0 aliphatic carbocycles. The molecule has 0 fully saturated rings. The summed E-state index contributed by atoms with van der Waals surface area (Å²) in [4.78, 5) is 9.77. The third kappa shape index (κ3) is 18.3. The van der Waals surface area contributed by atoms with Crippen molar-refractivity contribution in [1.29, 1.82) is 0 Å². The van der Waals surface area contributed by atoms with Crippen LogP contribution in [0.4, 0.5) is 0 Å². The van der Waals surface area contributed by atoms with Gasteiger partial charge in [-0.05, 0) is 12.8 Å². The fourth-order valence-electron chi connectivity index (χ4n) is 2.78. The molecule has 0 rings (SSSR count). The normalized spacial score (nSPS) is 14.0. The maximum atomic E-state index is 11.9. The van der Waals surface area contributed by atoms with Crippen molar-refractivity contribution in [2.45, 2.75) is 110 Å². The summed E-state index contributed by atoms with van der Waals surface area (Å²) >= 11 is 0. The van der Waals surface area contributed by atoms with Gasteiger partial charge in [0.2, 0.25) is 0 Å². The van der Waals surface area contributed by atoms with Gasteiger partial charge in [0, 0.05) is 6.16 Å². The van der Waals surface area contributed by atoms with Gasteiger partial charge in [0.05, 0.1) is 6.61 Å². The highest BCUT2D eigenvalue weighted by Gasteiger charge is 2.17. The predicted octanol–water partition coefficient (Wildman–Crippen LogP) is 7.08. The molecule has 0 aromatic heterocycles. The quantitative estimate of drug-likeness (QED) is 0.213. The van der Waals surface area contributed by atoms with Crippen molar-refractivity contribution in [3.63, 3.8) is 0 Å². The number of hydrogen-bond acceptors (Lipinski definition) is 2. The Labute approximate surface area is 145 Å². The van der Waals surface area contributed by atoms with Crippen LogP contribution >= 0.6 is 7.60 Å². The Hall–Kier alpha value is 0.150. The van der Waals surface area contributed by atoms with E-state index in [-0.39, 0.29) is 0 Å². The fraction of sp³-hybridized carbons (Fsp3) is 1.00. The second-order valence-corrected chi connectivity index (χ2v) is 8.77. The Bertz CT molecular complexity index is 282. The lowest BCUT2D eigenvalue weighted by Crippen LogP contribution is -1.97. The SMILES string of the molecule is CCCCCCCCCCCCP(=O)(O)OCCCCCCC. The number of unbranched alkanes of at least 4 members (excludes halogenated alkanes) is 13. The van der Waals surface area contributed by atoms with Crippen LogP contribution in [-0.4, -0.2) is 17.7 Å². The van der Waals surface area contributed by atoms with Crippen LogP contribution in [0.15, 0.2) is 0 Å². The molecule has 3 nitrogen and oxygen atoms in total. The van der Waals surface area contributed by atoms with Gasteiger partial charge in [-0.15, -0.1) is 0 Å². The average Bonchev–Trinajstić information content (AvgIpc) is 2.52. The molecule has 0 saturated carbocycles. The maximum Gasteiger partial charge on any atom is 0.328 e. The zero-order valence-electron chi connectivity index (χ0n) is 15.7. The minimum Gasteiger partial charge on any atom is -0.324 e. The van der Waals surface area contributed by atoms with Gasteiger partial charge in [-0.3, -0.25) is 4.57 Å². The minimum atomic E-state index is -3.32. The lowest BCUT2D eigenvalue weighted by atomic mass is 10.1. The largest absolute Gasteiger partial charge is 0.328 e. The van der Waals surface area contributed by atoms with Gasteiger partial charge in [0.1, 0.15) is 0 Å². The van der Waals surface area contributed by atoms with Crippen LogP contribution in [-0.2, 0) is 9.09 Å². The Morgan fingerprint density at radius 2 is 1.04 bits per heavy atom. The van der Waals surface area contributed by atoms with Gasteiger partial charge in [0.15, 0.2) is 0 Å². The molecule has 1 unspecified atom stereocenters. The molecule has 0 bridgehead atoms. The van der Waals surface area contributed by atoms with Crippen LogP contribution < -0.4 is 0 Å². The monoisotopic (exact) mass is 348 g/mol. The second-order valence-electron chi connectivity index (χ2n) is 6.79. The predicted molar refractivity (Wildman–Crippen MR) is 101 cm³/mol. The highest BCUT2D eigenvalue weighted by Crippen LogP contribution is 2.43. The maximum absolute atomic E-state index is 11.9. The first-order valence-corrected chi connectivity index (χ1v) is 11.8. The minimum absolute atomic E-state index is 0.332. The Balaban J connectivity index is 3.33. The molecule has 140 valence electrons. The van der Waals surface area contributed by atoms with E-state index in [1.54, 1.807) is 0 Å². The van der Waals surface area contributed by atoms with Gasteiger partial charge >= 0.3 is 7.60 Å². The van der Waals surface area contributed by atoms with Crippen molar-refractivity contribution >= 4 is 7.60 Å². The lowest BCUT2D eigenvalue weighted by molar-refractivity contribution is 0.252. The van der Waals surface area contributed by atoms with E-state index < -0.39 is 7.60 Å². The van der Waals surface area contributed by atoms with Crippen LogP contribution in [0.5, 0.6) is 0 Å². The molecule has 0 aromatic rings. The molecule has 0 saturated heterocycles. The highest BCUT2D eigenvalue weighted by atomic mass is 31.2. The average molecular weight is 349 g/mol. The van der Waals surface area contributed by atoms with E-state index in [0.717, 1.165) is 25.7 Å². The van der Waals surface area contributed by atoms with Crippen molar-refractivity contribution in [2.75, 3.05) is 12.8 Å². The Morgan fingerprint density at radius 1 is 0.652 bits per heavy atom. The zero-order chi connectivity index (χ0) is 17.2. The smallest absolute Gasteiger partial charge is 0.324 e. The molecule has 0 heterocycles. The van der Waals surface area contributed by atoms with E-state index in [1.807, 2.05) is 0 Å². The number of hydrogen-bond donors (Lipinski definition) is 1. The van der Waals surface area contributed by atoms with Crippen molar-refractivity contribution in [3.05, 3.63) is 0 Å².